The summed E-state index contributed by atoms with van der Waals surface area (Å²) in [6.07, 6.45) is 2.31. The molecular formula is C17H24N2S. The van der Waals surface area contributed by atoms with E-state index in [1.165, 1.54) is 28.1 Å². The number of hydrogen-bond donors (Lipinski definition) is 1. The Balaban J connectivity index is 2.08. The van der Waals surface area contributed by atoms with Crippen molar-refractivity contribution in [1.29, 1.82) is 0 Å². The summed E-state index contributed by atoms with van der Waals surface area (Å²) in [7, 11) is 0. The van der Waals surface area contributed by atoms with Gasteiger partial charge in [-0.05, 0) is 50.3 Å². The zero-order chi connectivity index (χ0) is 14.4. The molecule has 2 nitrogen and oxygen atoms in total. The topological polar surface area (TPSA) is 24.9 Å². The van der Waals surface area contributed by atoms with Crippen molar-refractivity contribution in [3.63, 3.8) is 0 Å². The van der Waals surface area contributed by atoms with Crippen LogP contribution >= 0.6 is 11.3 Å². The van der Waals surface area contributed by atoms with E-state index in [1.807, 2.05) is 5.51 Å². The van der Waals surface area contributed by atoms with E-state index in [-0.39, 0.29) is 0 Å². The third kappa shape index (κ3) is 3.90. The molecule has 20 heavy (non-hydrogen) atoms. The van der Waals surface area contributed by atoms with Crippen molar-refractivity contribution in [3.8, 4) is 0 Å². The zero-order valence-electron chi connectivity index (χ0n) is 12.6. The van der Waals surface area contributed by atoms with E-state index in [9.17, 15) is 0 Å². The number of nitrogens with zero attached hydrogens (tertiary/aromatic N) is 1. The molecule has 0 aliphatic carbocycles. The van der Waals surface area contributed by atoms with Crippen molar-refractivity contribution in [2.45, 2.75) is 39.5 Å². The zero-order valence-corrected chi connectivity index (χ0v) is 13.5. The van der Waals surface area contributed by atoms with Crippen molar-refractivity contribution in [2.75, 3.05) is 13.1 Å². The third-order valence-electron chi connectivity index (χ3n) is 3.83. The highest BCUT2D eigenvalue weighted by Gasteiger charge is 2.14. The summed E-state index contributed by atoms with van der Waals surface area (Å²) in [5.41, 5.74) is 6.03. The van der Waals surface area contributed by atoms with Crippen LogP contribution in [0.2, 0.25) is 0 Å². The number of likely N-dealkylation sites (N-methyl/N-ethyl adjacent to an activating group) is 1. The first-order valence-electron chi connectivity index (χ1n) is 7.37. The lowest BCUT2D eigenvalue weighted by Gasteiger charge is -2.19. The first kappa shape index (κ1) is 15.2. The Hall–Kier alpha value is -1.19. The van der Waals surface area contributed by atoms with E-state index >= 15 is 0 Å². The van der Waals surface area contributed by atoms with Gasteiger partial charge in [0, 0.05) is 11.4 Å². The quantitative estimate of drug-likeness (QED) is 0.830. The largest absolute Gasteiger partial charge is 0.316 e. The molecular weight excluding hydrogens is 264 g/mol. The lowest BCUT2D eigenvalue weighted by molar-refractivity contribution is 0.560. The molecule has 1 aromatic carbocycles. The Bertz CT molecular complexity index is 533. The minimum Gasteiger partial charge on any atom is -0.316 e. The number of benzene rings is 1. The molecule has 0 aliphatic rings. The molecule has 2 rings (SSSR count). The molecule has 0 saturated carbocycles. The van der Waals surface area contributed by atoms with Gasteiger partial charge in [-0.2, -0.15) is 0 Å². The number of hydrogen-bond acceptors (Lipinski definition) is 3. The summed E-state index contributed by atoms with van der Waals surface area (Å²) in [6, 6.07) is 8.76. The highest BCUT2D eigenvalue weighted by molar-refractivity contribution is 7.09. The Morgan fingerprint density at radius 3 is 2.70 bits per heavy atom. The fraction of sp³-hybridized carbons (Fsp3) is 0.471. The van der Waals surface area contributed by atoms with Crippen LogP contribution in [0.3, 0.4) is 0 Å². The molecule has 1 aromatic heterocycles. The highest BCUT2D eigenvalue weighted by atomic mass is 32.1. The Labute approximate surface area is 126 Å². The first-order valence-corrected chi connectivity index (χ1v) is 8.25. The molecule has 0 spiro atoms. The lowest BCUT2D eigenvalue weighted by Crippen LogP contribution is -2.22. The Kier molecular flexibility index (Phi) is 5.74. The summed E-state index contributed by atoms with van der Waals surface area (Å²) in [5, 5.41) is 3.51. The maximum Gasteiger partial charge on any atom is 0.0797 e. The molecule has 1 N–H and O–H groups in total. The number of aryl methyl sites for hydroxylation is 3. The smallest absolute Gasteiger partial charge is 0.0797 e. The maximum atomic E-state index is 4.35. The fourth-order valence-corrected chi connectivity index (χ4v) is 3.40. The lowest BCUT2D eigenvalue weighted by atomic mass is 9.90. The van der Waals surface area contributed by atoms with Gasteiger partial charge >= 0.3 is 0 Å². The standard InChI is InChI=1S/C17H24N2S/c1-4-18-11-15(16-8-6-5-7-13(16)2)9-10-17-14(3)19-12-20-17/h5-8,12,15,18H,4,9-11H2,1-3H3. The van der Waals surface area contributed by atoms with Crippen molar-refractivity contribution < 1.29 is 0 Å². The molecule has 1 heterocycles. The maximum absolute atomic E-state index is 4.35. The molecule has 3 heteroatoms. The third-order valence-corrected chi connectivity index (χ3v) is 4.83. The molecule has 0 saturated heterocycles. The summed E-state index contributed by atoms with van der Waals surface area (Å²) in [6.45, 7) is 8.58. The van der Waals surface area contributed by atoms with E-state index in [0.29, 0.717) is 5.92 Å². The van der Waals surface area contributed by atoms with Gasteiger partial charge in [0.2, 0.25) is 0 Å². The van der Waals surface area contributed by atoms with Gasteiger partial charge in [0.05, 0.1) is 11.2 Å². The van der Waals surface area contributed by atoms with Crippen LogP contribution in [-0.4, -0.2) is 18.1 Å². The van der Waals surface area contributed by atoms with Crippen molar-refractivity contribution in [3.05, 3.63) is 51.5 Å². The molecule has 1 unspecified atom stereocenters. The minimum absolute atomic E-state index is 0.581. The fourth-order valence-electron chi connectivity index (χ4n) is 2.60. The van der Waals surface area contributed by atoms with Gasteiger partial charge in [-0.25, -0.2) is 4.98 Å². The van der Waals surface area contributed by atoms with Crippen molar-refractivity contribution in [1.82, 2.24) is 10.3 Å². The summed E-state index contributed by atoms with van der Waals surface area (Å²) in [5.74, 6) is 0.581. The Morgan fingerprint density at radius 1 is 1.25 bits per heavy atom. The van der Waals surface area contributed by atoms with Crippen LogP contribution in [0, 0.1) is 13.8 Å². The van der Waals surface area contributed by atoms with Gasteiger partial charge in [-0.15, -0.1) is 11.3 Å². The monoisotopic (exact) mass is 288 g/mol. The van der Waals surface area contributed by atoms with Gasteiger partial charge < -0.3 is 5.32 Å². The average molecular weight is 288 g/mol. The normalized spacial score (nSPS) is 12.6. The summed E-state index contributed by atoms with van der Waals surface area (Å²) in [4.78, 5) is 5.78. The minimum atomic E-state index is 0.581. The van der Waals surface area contributed by atoms with Gasteiger partial charge in [0.25, 0.3) is 0 Å². The molecule has 0 amide bonds. The van der Waals surface area contributed by atoms with Crippen LogP contribution in [0.25, 0.3) is 0 Å². The molecule has 0 radical (unpaired) electrons. The number of thiazole rings is 1. The van der Waals surface area contributed by atoms with E-state index in [0.717, 1.165) is 19.5 Å². The molecule has 0 aliphatic heterocycles. The molecule has 0 bridgehead atoms. The number of nitrogens with one attached hydrogen (secondary N) is 1. The first-order chi connectivity index (χ1) is 9.72. The van der Waals surface area contributed by atoms with Crippen LogP contribution in [0.5, 0.6) is 0 Å². The van der Waals surface area contributed by atoms with Gasteiger partial charge in [0.1, 0.15) is 0 Å². The Morgan fingerprint density at radius 2 is 2.05 bits per heavy atom. The average Bonchev–Trinajstić information content (AvgIpc) is 2.86. The van der Waals surface area contributed by atoms with Crippen molar-refractivity contribution >= 4 is 11.3 Å². The molecule has 108 valence electrons. The second kappa shape index (κ2) is 7.55. The predicted octanol–water partition coefficient (Wildman–Crippen LogP) is 4.09. The molecule has 2 aromatic rings. The highest BCUT2D eigenvalue weighted by Crippen LogP contribution is 2.26. The van der Waals surface area contributed by atoms with Gasteiger partial charge in [-0.3, -0.25) is 0 Å². The molecule has 0 fully saturated rings. The molecule has 1 atom stereocenters. The van der Waals surface area contributed by atoms with Crippen LogP contribution in [-0.2, 0) is 6.42 Å². The summed E-state index contributed by atoms with van der Waals surface area (Å²) < 4.78 is 0. The summed E-state index contributed by atoms with van der Waals surface area (Å²) >= 11 is 1.78. The van der Waals surface area contributed by atoms with E-state index < -0.39 is 0 Å². The second-order valence-corrected chi connectivity index (χ2v) is 6.20. The number of aromatic nitrogens is 1. The van der Waals surface area contributed by atoms with Crippen molar-refractivity contribution in [2.24, 2.45) is 0 Å². The predicted molar refractivity (Wildman–Crippen MR) is 87.6 cm³/mol. The second-order valence-electron chi connectivity index (χ2n) is 5.26. The van der Waals surface area contributed by atoms with Crippen LogP contribution in [0.4, 0.5) is 0 Å². The van der Waals surface area contributed by atoms with E-state index in [1.54, 1.807) is 11.3 Å². The van der Waals surface area contributed by atoms with Crippen LogP contribution < -0.4 is 5.32 Å². The van der Waals surface area contributed by atoms with Gasteiger partial charge in [-0.1, -0.05) is 31.2 Å². The van der Waals surface area contributed by atoms with Gasteiger partial charge in [0.15, 0.2) is 0 Å². The van der Waals surface area contributed by atoms with E-state index in [4.69, 9.17) is 0 Å². The van der Waals surface area contributed by atoms with Crippen LogP contribution in [0.1, 0.15) is 41.0 Å². The SMILES string of the molecule is CCNCC(CCc1scnc1C)c1ccccc1C. The van der Waals surface area contributed by atoms with E-state index in [2.05, 4.69) is 55.3 Å². The van der Waals surface area contributed by atoms with Crippen LogP contribution in [0.15, 0.2) is 29.8 Å². The number of rotatable bonds is 7.